The minimum Gasteiger partial charge on any atom is -0.467 e. The maximum Gasteiger partial charge on any atom is 0.339 e. The van der Waals surface area contributed by atoms with Crippen LogP contribution < -0.4 is 19.5 Å². The van der Waals surface area contributed by atoms with Crippen molar-refractivity contribution in [2.24, 2.45) is 0 Å². The highest BCUT2D eigenvalue weighted by molar-refractivity contribution is 7.90. The minimum absolute atomic E-state index is 0.156. The Hall–Kier alpha value is -3.48. The number of carbonyl (C=O) groups is 2. The molecule has 0 aliphatic heterocycles. The highest BCUT2D eigenvalue weighted by Gasteiger charge is 2.26. The smallest absolute Gasteiger partial charge is 0.339 e. The van der Waals surface area contributed by atoms with E-state index in [1.807, 2.05) is 0 Å². The zero-order valence-electron chi connectivity index (χ0n) is 16.0. The molecule has 0 spiro atoms. The standard InChI is InChI=1S/C16H19N5O7S/c1-9(2)28-12(22)10-7-5-6-8-11(10)29(24,25)21-14(23)17-13-18-15(26-3)20-16(19-13)27-4/h5-9H,1-4H3,(H2,17,18,19,20,21,23). The van der Waals surface area contributed by atoms with Gasteiger partial charge in [0.05, 0.1) is 25.9 Å². The topological polar surface area (TPSA) is 159 Å². The fraction of sp³-hybridized carbons (Fsp3) is 0.312. The molecule has 0 unspecified atom stereocenters. The summed E-state index contributed by atoms with van der Waals surface area (Å²) in [4.78, 5) is 35.2. The number of aromatic nitrogens is 3. The van der Waals surface area contributed by atoms with Gasteiger partial charge in [-0.1, -0.05) is 12.1 Å². The van der Waals surface area contributed by atoms with Crippen LogP contribution >= 0.6 is 0 Å². The normalized spacial score (nSPS) is 10.9. The van der Waals surface area contributed by atoms with E-state index in [0.717, 1.165) is 0 Å². The fourth-order valence-corrected chi connectivity index (χ4v) is 3.13. The lowest BCUT2D eigenvalue weighted by molar-refractivity contribution is 0.0373. The Kier molecular flexibility index (Phi) is 6.88. The minimum atomic E-state index is -4.42. The van der Waals surface area contributed by atoms with Crippen molar-refractivity contribution in [3.05, 3.63) is 29.8 Å². The lowest BCUT2D eigenvalue weighted by Crippen LogP contribution is -2.35. The van der Waals surface area contributed by atoms with Gasteiger partial charge in [-0.25, -0.2) is 22.7 Å². The molecule has 0 saturated carbocycles. The van der Waals surface area contributed by atoms with Crippen LogP contribution in [0, 0.1) is 0 Å². The molecule has 2 amide bonds. The first-order chi connectivity index (χ1) is 13.7. The molecule has 12 nitrogen and oxygen atoms in total. The summed E-state index contributed by atoms with van der Waals surface area (Å²) >= 11 is 0. The number of carbonyl (C=O) groups excluding carboxylic acids is 2. The number of hydrogen-bond donors (Lipinski definition) is 2. The number of methoxy groups -OCH3 is 2. The molecule has 29 heavy (non-hydrogen) atoms. The summed E-state index contributed by atoms with van der Waals surface area (Å²) in [5.74, 6) is -1.15. The van der Waals surface area contributed by atoms with Crippen LogP contribution in [0.5, 0.6) is 12.0 Å². The van der Waals surface area contributed by atoms with Gasteiger partial charge in [0.15, 0.2) is 0 Å². The van der Waals surface area contributed by atoms with Crippen LogP contribution in [0.1, 0.15) is 24.2 Å². The monoisotopic (exact) mass is 425 g/mol. The molecule has 156 valence electrons. The Morgan fingerprint density at radius 2 is 1.59 bits per heavy atom. The molecule has 1 aromatic carbocycles. The van der Waals surface area contributed by atoms with Gasteiger partial charge in [0.2, 0.25) is 5.95 Å². The predicted molar refractivity (Wildman–Crippen MR) is 99.3 cm³/mol. The number of benzene rings is 1. The molecule has 2 N–H and O–H groups in total. The van der Waals surface area contributed by atoms with E-state index in [1.165, 1.54) is 38.5 Å². The number of hydrogen-bond acceptors (Lipinski definition) is 10. The van der Waals surface area contributed by atoms with Crippen molar-refractivity contribution in [1.82, 2.24) is 19.7 Å². The van der Waals surface area contributed by atoms with E-state index in [4.69, 9.17) is 14.2 Å². The summed E-state index contributed by atoms with van der Waals surface area (Å²) in [6.45, 7) is 3.25. The first kappa shape index (κ1) is 21.8. The molecule has 1 aromatic heterocycles. The van der Waals surface area contributed by atoms with Crippen LogP contribution in [0.3, 0.4) is 0 Å². The van der Waals surface area contributed by atoms with E-state index >= 15 is 0 Å². The molecule has 0 aliphatic rings. The number of esters is 1. The summed E-state index contributed by atoms with van der Waals surface area (Å²) < 4.78 is 41.7. The molecule has 13 heteroatoms. The number of anilines is 1. The summed E-state index contributed by atoms with van der Waals surface area (Å²) in [5.41, 5.74) is -0.218. The molecule has 0 fully saturated rings. The maximum atomic E-state index is 12.6. The Bertz CT molecular complexity index is 988. The molecular weight excluding hydrogens is 406 g/mol. The van der Waals surface area contributed by atoms with Crippen LogP contribution in [-0.4, -0.2) is 55.7 Å². The lowest BCUT2D eigenvalue weighted by Gasteiger charge is -2.13. The summed E-state index contributed by atoms with van der Waals surface area (Å²) in [6.07, 6.45) is -0.455. The van der Waals surface area contributed by atoms with Crippen LogP contribution in [0.2, 0.25) is 0 Å². The van der Waals surface area contributed by atoms with Gasteiger partial charge in [-0.05, 0) is 26.0 Å². The second-order valence-electron chi connectivity index (χ2n) is 5.64. The van der Waals surface area contributed by atoms with Crippen molar-refractivity contribution in [3.8, 4) is 12.0 Å². The summed E-state index contributed by atoms with van der Waals surface area (Å²) in [5, 5.41) is 2.13. The molecule has 1 heterocycles. The van der Waals surface area contributed by atoms with Gasteiger partial charge in [0.1, 0.15) is 4.90 Å². The number of rotatable bonds is 7. The Morgan fingerprint density at radius 3 is 2.14 bits per heavy atom. The third-order valence-corrected chi connectivity index (χ3v) is 4.54. The van der Waals surface area contributed by atoms with Crippen molar-refractivity contribution >= 4 is 28.0 Å². The predicted octanol–water partition coefficient (Wildman–Crippen LogP) is 0.964. The fourth-order valence-electron chi connectivity index (χ4n) is 2.03. The van der Waals surface area contributed by atoms with E-state index in [9.17, 15) is 18.0 Å². The van der Waals surface area contributed by atoms with Crippen molar-refractivity contribution < 1.29 is 32.2 Å². The molecule has 0 aliphatic carbocycles. The highest BCUT2D eigenvalue weighted by atomic mass is 32.2. The Balaban J connectivity index is 2.24. The highest BCUT2D eigenvalue weighted by Crippen LogP contribution is 2.18. The zero-order valence-corrected chi connectivity index (χ0v) is 16.8. The van der Waals surface area contributed by atoms with Crippen LogP contribution in [-0.2, 0) is 14.8 Å². The van der Waals surface area contributed by atoms with Gasteiger partial charge in [0, 0.05) is 0 Å². The third-order valence-electron chi connectivity index (χ3n) is 3.15. The van der Waals surface area contributed by atoms with Gasteiger partial charge >= 0.3 is 24.0 Å². The van der Waals surface area contributed by atoms with E-state index in [1.54, 1.807) is 18.6 Å². The number of urea groups is 1. The Morgan fingerprint density at radius 1 is 1.00 bits per heavy atom. The summed E-state index contributed by atoms with van der Waals surface area (Å²) in [6, 6.07) is 3.83. The molecule has 2 aromatic rings. The maximum absolute atomic E-state index is 12.6. The largest absolute Gasteiger partial charge is 0.467 e. The first-order valence-electron chi connectivity index (χ1n) is 8.14. The third kappa shape index (κ3) is 5.75. The second kappa shape index (κ2) is 9.14. The molecule has 0 atom stereocenters. The van der Waals surface area contributed by atoms with Gasteiger partial charge in [0.25, 0.3) is 10.0 Å². The average Bonchev–Trinajstić information content (AvgIpc) is 2.66. The lowest BCUT2D eigenvalue weighted by atomic mass is 10.2. The van der Waals surface area contributed by atoms with Gasteiger partial charge in [-0.15, -0.1) is 4.98 Å². The number of nitrogens with one attached hydrogen (secondary N) is 2. The SMILES string of the molecule is COc1nc(NC(=O)NS(=O)(=O)c2ccccc2C(=O)OC(C)C)nc(OC)n1. The zero-order chi connectivity index (χ0) is 21.6. The van der Waals surface area contributed by atoms with E-state index < -0.39 is 33.0 Å². The number of nitrogens with zero attached hydrogens (tertiary/aromatic N) is 3. The summed E-state index contributed by atoms with van der Waals surface area (Å²) in [7, 11) is -1.84. The number of amides is 2. The van der Waals surface area contributed by atoms with E-state index in [-0.39, 0.29) is 23.5 Å². The molecule has 2 rings (SSSR count). The average molecular weight is 425 g/mol. The number of sulfonamides is 1. The van der Waals surface area contributed by atoms with Crippen molar-refractivity contribution in [2.45, 2.75) is 24.8 Å². The van der Waals surface area contributed by atoms with Crippen LogP contribution in [0.25, 0.3) is 0 Å². The van der Waals surface area contributed by atoms with E-state index in [0.29, 0.717) is 0 Å². The van der Waals surface area contributed by atoms with E-state index in [2.05, 4.69) is 20.3 Å². The van der Waals surface area contributed by atoms with Crippen molar-refractivity contribution in [1.29, 1.82) is 0 Å². The second-order valence-corrected chi connectivity index (χ2v) is 7.29. The van der Waals surface area contributed by atoms with Crippen molar-refractivity contribution in [3.63, 3.8) is 0 Å². The molecule has 0 saturated heterocycles. The van der Waals surface area contributed by atoms with Gasteiger partial charge < -0.3 is 14.2 Å². The number of ether oxygens (including phenoxy) is 3. The molecule has 0 radical (unpaired) electrons. The van der Waals surface area contributed by atoms with Gasteiger partial charge in [-0.3, -0.25) is 5.32 Å². The molecule has 0 bridgehead atoms. The van der Waals surface area contributed by atoms with Crippen molar-refractivity contribution in [2.75, 3.05) is 19.5 Å². The van der Waals surface area contributed by atoms with Crippen LogP contribution in [0.15, 0.2) is 29.2 Å². The van der Waals surface area contributed by atoms with Crippen LogP contribution in [0.4, 0.5) is 10.7 Å². The quantitative estimate of drug-likeness (QED) is 0.612. The van der Waals surface area contributed by atoms with Gasteiger partial charge in [-0.2, -0.15) is 9.97 Å². The first-order valence-corrected chi connectivity index (χ1v) is 9.62. The Labute approximate surface area is 166 Å². The molecular formula is C16H19N5O7S.